The highest BCUT2D eigenvalue weighted by atomic mass is 16.5. The van der Waals surface area contributed by atoms with Crippen LogP contribution in [0.4, 0.5) is 0 Å². The lowest BCUT2D eigenvalue weighted by Gasteiger charge is -2.17. The Kier molecular flexibility index (Phi) is 8.18. The van der Waals surface area contributed by atoms with Crippen LogP contribution in [0.15, 0.2) is 116 Å². The Morgan fingerprint density at radius 1 is 0.923 bits per heavy atom. The van der Waals surface area contributed by atoms with Crippen LogP contribution in [-0.4, -0.2) is 22.1 Å². The number of carbonyl (C=O) groups is 1. The molecule has 0 saturated heterocycles. The Hall–Kier alpha value is -4.64. The summed E-state index contributed by atoms with van der Waals surface area (Å²) in [6.45, 7) is 6.92. The zero-order chi connectivity index (χ0) is 27.0. The summed E-state index contributed by atoms with van der Waals surface area (Å²) >= 11 is 0. The first-order valence-corrected chi connectivity index (χ1v) is 13.3. The Morgan fingerprint density at radius 3 is 2.41 bits per heavy atom. The molecule has 4 aromatic carbocycles. The molecule has 5 rings (SSSR count). The lowest BCUT2D eigenvalue weighted by atomic mass is 10.0. The summed E-state index contributed by atoms with van der Waals surface area (Å²) in [7, 11) is 0. The number of nitrogens with one attached hydrogen (secondary N) is 1. The maximum atomic E-state index is 13.0. The van der Waals surface area contributed by atoms with E-state index in [0.29, 0.717) is 19.6 Å². The van der Waals surface area contributed by atoms with Crippen LogP contribution in [0.2, 0.25) is 0 Å². The van der Waals surface area contributed by atoms with E-state index in [9.17, 15) is 4.79 Å². The lowest BCUT2D eigenvalue weighted by molar-refractivity contribution is -0.121. The van der Waals surface area contributed by atoms with Gasteiger partial charge in [0, 0.05) is 0 Å². The van der Waals surface area contributed by atoms with Crippen LogP contribution in [0.1, 0.15) is 29.9 Å². The summed E-state index contributed by atoms with van der Waals surface area (Å²) in [6, 6.07) is 34.2. The van der Waals surface area contributed by atoms with E-state index in [1.165, 1.54) is 0 Å². The van der Waals surface area contributed by atoms with Gasteiger partial charge in [0.15, 0.2) is 0 Å². The van der Waals surface area contributed by atoms with Gasteiger partial charge in [-0.05, 0) is 53.8 Å². The second-order valence-electron chi connectivity index (χ2n) is 9.59. The van der Waals surface area contributed by atoms with Crippen LogP contribution in [0.25, 0.3) is 22.2 Å². The van der Waals surface area contributed by atoms with Crippen molar-refractivity contribution in [2.24, 2.45) is 0 Å². The van der Waals surface area contributed by atoms with Gasteiger partial charge in [-0.2, -0.15) is 0 Å². The molecule has 1 N–H and O–H groups in total. The number of imidazole rings is 1. The molecule has 5 heteroatoms. The molecule has 1 atom stereocenters. The molecule has 0 saturated carbocycles. The van der Waals surface area contributed by atoms with Crippen molar-refractivity contribution in [1.29, 1.82) is 0 Å². The van der Waals surface area contributed by atoms with Crippen molar-refractivity contribution in [3.05, 3.63) is 133 Å². The Bertz CT molecular complexity index is 1560. The second-order valence-corrected chi connectivity index (χ2v) is 9.59. The molecule has 196 valence electrons. The minimum absolute atomic E-state index is 0.0387. The number of allylic oxidation sites excluding steroid dienone is 1. The zero-order valence-electron chi connectivity index (χ0n) is 22.2. The minimum atomic E-state index is -0.262. The minimum Gasteiger partial charge on any atom is -0.491 e. The third-order valence-electron chi connectivity index (χ3n) is 6.78. The number of nitrogens with zero attached hydrogens (tertiary/aromatic N) is 2. The zero-order valence-corrected chi connectivity index (χ0v) is 22.2. The monoisotopic (exact) mass is 515 g/mol. The summed E-state index contributed by atoms with van der Waals surface area (Å²) in [6.07, 6.45) is 2.95. The van der Waals surface area contributed by atoms with Crippen molar-refractivity contribution in [2.45, 2.75) is 32.4 Å². The Morgan fingerprint density at radius 2 is 1.62 bits per heavy atom. The van der Waals surface area contributed by atoms with E-state index in [1.54, 1.807) is 0 Å². The van der Waals surface area contributed by atoms with Crippen molar-refractivity contribution in [3.8, 4) is 16.9 Å². The second kappa shape index (κ2) is 12.3. The molecule has 0 fully saturated rings. The first kappa shape index (κ1) is 26.0. The van der Waals surface area contributed by atoms with Gasteiger partial charge >= 0.3 is 0 Å². The molecule has 1 aromatic heterocycles. The first-order valence-electron chi connectivity index (χ1n) is 13.3. The summed E-state index contributed by atoms with van der Waals surface area (Å²) < 4.78 is 8.31. The molecule has 5 nitrogen and oxygen atoms in total. The highest BCUT2D eigenvalue weighted by Gasteiger charge is 2.19. The number of hydrogen-bond acceptors (Lipinski definition) is 3. The lowest BCUT2D eigenvalue weighted by Crippen LogP contribution is -2.30. The van der Waals surface area contributed by atoms with Crippen LogP contribution in [-0.2, 0) is 24.2 Å². The molecule has 0 aliphatic carbocycles. The Labute approximate surface area is 229 Å². The average Bonchev–Trinajstić information content (AvgIpc) is 3.34. The van der Waals surface area contributed by atoms with Gasteiger partial charge in [0.2, 0.25) is 5.91 Å². The summed E-state index contributed by atoms with van der Waals surface area (Å²) in [5, 5.41) is 3.15. The quantitative estimate of drug-likeness (QED) is 0.194. The van der Waals surface area contributed by atoms with Gasteiger partial charge in [0.05, 0.1) is 30.0 Å². The molecule has 39 heavy (non-hydrogen) atoms. The highest BCUT2D eigenvalue weighted by Crippen LogP contribution is 2.23. The molecular formula is C34H33N3O2. The number of para-hydroxylation sites is 3. The molecular weight excluding hydrogens is 482 g/mol. The third-order valence-corrected chi connectivity index (χ3v) is 6.78. The third kappa shape index (κ3) is 6.27. The topological polar surface area (TPSA) is 56.1 Å². The first-order chi connectivity index (χ1) is 19.1. The van der Waals surface area contributed by atoms with E-state index < -0.39 is 0 Å². The van der Waals surface area contributed by atoms with Gasteiger partial charge in [-0.1, -0.05) is 91.0 Å². The SMILES string of the molecule is C=CCc1ccccc1OCCn1c(C(C)NC(=O)Cc2ccc(-c3ccccc3)cc2)nc2ccccc21. The van der Waals surface area contributed by atoms with Crippen LogP contribution in [0.5, 0.6) is 5.75 Å². The summed E-state index contributed by atoms with van der Waals surface area (Å²) in [5.74, 6) is 1.64. The van der Waals surface area contributed by atoms with E-state index in [1.807, 2.05) is 79.7 Å². The summed E-state index contributed by atoms with van der Waals surface area (Å²) in [4.78, 5) is 17.9. The molecule has 0 aliphatic heterocycles. The predicted octanol–water partition coefficient (Wildman–Crippen LogP) is 6.93. The Balaban J connectivity index is 1.26. The standard InChI is InChI=1S/C34H33N3O2/c1-3-11-29-14-7-10-17-32(29)39-23-22-37-31-16-9-8-15-30(31)36-34(37)25(2)35-33(38)24-26-18-20-28(21-19-26)27-12-5-4-6-13-27/h3-10,12-21,25H,1,11,22-24H2,2H3,(H,35,38). The highest BCUT2D eigenvalue weighted by molar-refractivity contribution is 5.80. The molecule has 0 radical (unpaired) electrons. The number of amides is 1. The fourth-order valence-electron chi connectivity index (χ4n) is 4.86. The molecule has 1 heterocycles. The van der Waals surface area contributed by atoms with Crippen molar-refractivity contribution in [1.82, 2.24) is 14.9 Å². The maximum Gasteiger partial charge on any atom is 0.224 e. The van der Waals surface area contributed by atoms with Gasteiger partial charge < -0.3 is 14.6 Å². The number of benzene rings is 4. The largest absolute Gasteiger partial charge is 0.491 e. The smallest absolute Gasteiger partial charge is 0.224 e. The molecule has 0 bridgehead atoms. The average molecular weight is 516 g/mol. The summed E-state index contributed by atoms with van der Waals surface area (Å²) in [5.41, 5.74) is 6.30. The number of ether oxygens (including phenoxy) is 1. The van der Waals surface area contributed by atoms with Gasteiger partial charge in [0.1, 0.15) is 18.2 Å². The van der Waals surface area contributed by atoms with Crippen molar-refractivity contribution < 1.29 is 9.53 Å². The van der Waals surface area contributed by atoms with Gasteiger partial charge in [-0.3, -0.25) is 4.79 Å². The fraction of sp³-hybridized carbons (Fsp3) is 0.176. The molecule has 1 amide bonds. The normalized spacial score (nSPS) is 11.7. The van der Waals surface area contributed by atoms with E-state index in [0.717, 1.165) is 51.3 Å². The molecule has 5 aromatic rings. The van der Waals surface area contributed by atoms with Crippen LogP contribution in [0.3, 0.4) is 0 Å². The fourth-order valence-corrected chi connectivity index (χ4v) is 4.86. The number of fused-ring (bicyclic) bond motifs is 1. The van der Waals surface area contributed by atoms with Crippen molar-refractivity contribution in [2.75, 3.05) is 6.61 Å². The number of aromatic nitrogens is 2. The van der Waals surface area contributed by atoms with E-state index >= 15 is 0 Å². The van der Waals surface area contributed by atoms with Crippen LogP contribution < -0.4 is 10.1 Å². The molecule has 0 aliphatic rings. The molecule has 1 unspecified atom stereocenters. The van der Waals surface area contributed by atoms with E-state index in [2.05, 4.69) is 52.9 Å². The van der Waals surface area contributed by atoms with Gasteiger partial charge in [-0.25, -0.2) is 4.98 Å². The number of carbonyl (C=O) groups excluding carboxylic acids is 1. The number of rotatable bonds is 11. The maximum absolute atomic E-state index is 13.0. The van der Waals surface area contributed by atoms with Crippen molar-refractivity contribution >= 4 is 16.9 Å². The van der Waals surface area contributed by atoms with Crippen LogP contribution >= 0.6 is 0 Å². The van der Waals surface area contributed by atoms with E-state index in [4.69, 9.17) is 9.72 Å². The van der Waals surface area contributed by atoms with E-state index in [-0.39, 0.29) is 11.9 Å². The van der Waals surface area contributed by atoms with Gasteiger partial charge in [0.25, 0.3) is 0 Å². The number of hydrogen-bond donors (Lipinski definition) is 1. The molecule has 0 spiro atoms. The van der Waals surface area contributed by atoms with Crippen molar-refractivity contribution in [3.63, 3.8) is 0 Å². The van der Waals surface area contributed by atoms with Gasteiger partial charge in [-0.15, -0.1) is 6.58 Å². The predicted molar refractivity (Wildman–Crippen MR) is 158 cm³/mol. The van der Waals surface area contributed by atoms with Crippen LogP contribution in [0, 0.1) is 0 Å².